The molecule has 1 N–H and O–H groups in total. The third-order valence-corrected chi connectivity index (χ3v) is 4.84. The zero-order chi connectivity index (χ0) is 15.2. The molecule has 2 atom stereocenters. The second kappa shape index (κ2) is 7.81. The van der Waals surface area contributed by atoms with Gasteiger partial charge in [0.15, 0.2) is 0 Å². The quantitative estimate of drug-likeness (QED) is 0.832. The highest BCUT2D eigenvalue weighted by Crippen LogP contribution is 2.28. The Morgan fingerprint density at radius 1 is 1.29 bits per heavy atom. The molecule has 1 aliphatic rings. The van der Waals surface area contributed by atoms with Crippen LogP contribution in [-0.4, -0.2) is 38.7 Å². The topological polar surface area (TPSA) is 24.5 Å². The standard InChI is InChI=1S/C18H30N2O/c1-14(15-8-5-6-9-15)19-13-18(20(2)3)16-10-7-11-17(12-16)21-4/h7,10-12,14-15,18-19H,5-6,8-9,13H2,1-4H3. The zero-order valence-electron chi connectivity index (χ0n) is 13.9. The normalized spacial score (nSPS) is 18.9. The summed E-state index contributed by atoms with van der Waals surface area (Å²) < 4.78 is 5.35. The molecule has 1 aromatic carbocycles. The second-order valence-electron chi connectivity index (χ2n) is 6.50. The zero-order valence-corrected chi connectivity index (χ0v) is 13.9. The summed E-state index contributed by atoms with van der Waals surface area (Å²) >= 11 is 0. The lowest BCUT2D eigenvalue weighted by Crippen LogP contribution is -2.38. The van der Waals surface area contributed by atoms with Crippen molar-refractivity contribution in [2.45, 2.75) is 44.7 Å². The van der Waals surface area contributed by atoms with Crippen LogP contribution in [0.3, 0.4) is 0 Å². The smallest absolute Gasteiger partial charge is 0.119 e. The predicted octanol–water partition coefficient (Wildman–Crippen LogP) is 3.47. The van der Waals surface area contributed by atoms with Crippen LogP contribution in [0.4, 0.5) is 0 Å². The first-order valence-electron chi connectivity index (χ1n) is 8.15. The molecular weight excluding hydrogens is 260 g/mol. The van der Waals surface area contributed by atoms with Crippen molar-refractivity contribution in [3.63, 3.8) is 0 Å². The van der Waals surface area contributed by atoms with Crippen molar-refractivity contribution in [1.29, 1.82) is 0 Å². The third-order valence-electron chi connectivity index (χ3n) is 4.84. The van der Waals surface area contributed by atoms with Gasteiger partial charge in [0.1, 0.15) is 5.75 Å². The maximum Gasteiger partial charge on any atom is 0.119 e. The van der Waals surface area contributed by atoms with Crippen LogP contribution < -0.4 is 10.1 Å². The molecule has 2 rings (SSSR count). The van der Waals surface area contributed by atoms with Gasteiger partial charge in [0.05, 0.1) is 7.11 Å². The molecule has 1 aromatic rings. The van der Waals surface area contributed by atoms with Crippen molar-refractivity contribution in [2.24, 2.45) is 5.92 Å². The van der Waals surface area contributed by atoms with Crippen LogP contribution in [0.1, 0.15) is 44.2 Å². The number of likely N-dealkylation sites (N-methyl/N-ethyl adjacent to an activating group) is 1. The van der Waals surface area contributed by atoms with Gasteiger partial charge in [-0.25, -0.2) is 0 Å². The van der Waals surface area contributed by atoms with E-state index >= 15 is 0 Å². The number of methoxy groups -OCH3 is 1. The minimum absolute atomic E-state index is 0.379. The SMILES string of the molecule is COc1cccc(C(CNC(C)C2CCCC2)N(C)C)c1. The lowest BCUT2D eigenvalue weighted by molar-refractivity contribution is 0.265. The van der Waals surface area contributed by atoms with Crippen LogP contribution in [0.15, 0.2) is 24.3 Å². The van der Waals surface area contributed by atoms with Gasteiger partial charge >= 0.3 is 0 Å². The van der Waals surface area contributed by atoms with Gasteiger partial charge in [-0.3, -0.25) is 0 Å². The Morgan fingerprint density at radius 2 is 2.00 bits per heavy atom. The van der Waals surface area contributed by atoms with E-state index < -0.39 is 0 Å². The molecule has 2 unspecified atom stereocenters. The summed E-state index contributed by atoms with van der Waals surface area (Å²) in [5, 5.41) is 3.76. The van der Waals surface area contributed by atoms with Crippen LogP contribution >= 0.6 is 0 Å². The average Bonchev–Trinajstić information content (AvgIpc) is 3.01. The minimum Gasteiger partial charge on any atom is -0.497 e. The molecule has 0 heterocycles. The van der Waals surface area contributed by atoms with E-state index in [0.29, 0.717) is 12.1 Å². The molecule has 0 spiro atoms. The van der Waals surface area contributed by atoms with E-state index in [4.69, 9.17) is 4.74 Å². The van der Waals surface area contributed by atoms with Crippen LogP contribution in [-0.2, 0) is 0 Å². The Labute approximate surface area is 129 Å². The molecule has 118 valence electrons. The van der Waals surface area contributed by atoms with Gasteiger partial charge in [-0.2, -0.15) is 0 Å². The van der Waals surface area contributed by atoms with Crippen molar-refractivity contribution in [2.75, 3.05) is 27.7 Å². The fourth-order valence-corrected chi connectivity index (χ4v) is 3.37. The molecule has 0 aliphatic heterocycles. The predicted molar refractivity (Wildman–Crippen MR) is 88.8 cm³/mol. The highest BCUT2D eigenvalue weighted by molar-refractivity contribution is 5.30. The molecule has 3 nitrogen and oxygen atoms in total. The molecule has 1 saturated carbocycles. The lowest BCUT2D eigenvalue weighted by atomic mass is 9.98. The first kappa shape index (κ1) is 16.3. The number of benzene rings is 1. The Bertz CT molecular complexity index is 427. The summed E-state index contributed by atoms with van der Waals surface area (Å²) in [7, 11) is 6.02. The molecule has 0 radical (unpaired) electrons. The molecule has 0 aromatic heterocycles. The van der Waals surface area contributed by atoms with Crippen LogP contribution in [0.5, 0.6) is 5.75 Å². The van der Waals surface area contributed by atoms with E-state index in [2.05, 4.69) is 49.4 Å². The van der Waals surface area contributed by atoms with Gasteiger partial charge in [0.2, 0.25) is 0 Å². The number of ether oxygens (including phenoxy) is 1. The summed E-state index contributed by atoms with van der Waals surface area (Å²) in [6, 6.07) is 9.40. The van der Waals surface area contributed by atoms with Gasteiger partial charge in [0.25, 0.3) is 0 Å². The molecule has 3 heteroatoms. The van der Waals surface area contributed by atoms with E-state index in [-0.39, 0.29) is 0 Å². The van der Waals surface area contributed by atoms with Crippen molar-refractivity contribution >= 4 is 0 Å². The molecule has 0 amide bonds. The number of nitrogens with zero attached hydrogens (tertiary/aromatic N) is 1. The summed E-state index contributed by atoms with van der Waals surface area (Å²) in [6.45, 7) is 3.33. The Balaban J connectivity index is 1.98. The van der Waals surface area contributed by atoms with E-state index in [0.717, 1.165) is 18.2 Å². The molecular formula is C18H30N2O. The number of rotatable bonds is 7. The Kier molecular flexibility index (Phi) is 6.07. The van der Waals surface area contributed by atoms with Crippen LogP contribution in [0, 0.1) is 5.92 Å². The van der Waals surface area contributed by atoms with Crippen molar-refractivity contribution in [1.82, 2.24) is 10.2 Å². The first-order valence-corrected chi connectivity index (χ1v) is 8.15. The number of hydrogen-bond donors (Lipinski definition) is 1. The van der Waals surface area contributed by atoms with Crippen molar-refractivity contribution in [3.05, 3.63) is 29.8 Å². The van der Waals surface area contributed by atoms with Crippen molar-refractivity contribution in [3.8, 4) is 5.75 Å². The van der Waals surface area contributed by atoms with E-state index in [1.807, 2.05) is 6.07 Å². The van der Waals surface area contributed by atoms with Gasteiger partial charge in [0, 0.05) is 18.6 Å². The Hall–Kier alpha value is -1.06. The summed E-state index contributed by atoms with van der Waals surface area (Å²) in [5.74, 6) is 1.79. The maximum atomic E-state index is 5.35. The third kappa shape index (κ3) is 4.45. The van der Waals surface area contributed by atoms with Gasteiger partial charge in [-0.05, 0) is 57.5 Å². The Morgan fingerprint density at radius 3 is 2.62 bits per heavy atom. The largest absolute Gasteiger partial charge is 0.497 e. The summed E-state index contributed by atoms with van der Waals surface area (Å²) in [6.07, 6.45) is 5.59. The minimum atomic E-state index is 0.379. The fourth-order valence-electron chi connectivity index (χ4n) is 3.37. The molecule has 1 fully saturated rings. The highest BCUT2D eigenvalue weighted by Gasteiger charge is 2.23. The van der Waals surface area contributed by atoms with E-state index in [1.165, 1.54) is 31.2 Å². The van der Waals surface area contributed by atoms with Crippen LogP contribution in [0.25, 0.3) is 0 Å². The van der Waals surface area contributed by atoms with Gasteiger partial charge in [-0.15, -0.1) is 0 Å². The first-order chi connectivity index (χ1) is 10.1. The average molecular weight is 290 g/mol. The monoisotopic (exact) mass is 290 g/mol. The summed E-state index contributed by atoms with van der Waals surface area (Å²) in [4.78, 5) is 2.28. The lowest BCUT2D eigenvalue weighted by Gasteiger charge is -2.29. The van der Waals surface area contributed by atoms with E-state index in [9.17, 15) is 0 Å². The number of nitrogens with one attached hydrogen (secondary N) is 1. The highest BCUT2D eigenvalue weighted by atomic mass is 16.5. The van der Waals surface area contributed by atoms with Gasteiger partial charge in [-0.1, -0.05) is 25.0 Å². The molecule has 0 saturated heterocycles. The maximum absolute atomic E-state index is 5.35. The number of hydrogen-bond acceptors (Lipinski definition) is 3. The molecule has 21 heavy (non-hydrogen) atoms. The summed E-state index contributed by atoms with van der Waals surface area (Å²) in [5.41, 5.74) is 1.31. The van der Waals surface area contributed by atoms with Gasteiger partial charge < -0.3 is 15.0 Å². The van der Waals surface area contributed by atoms with Crippen molar-refractivity contribution < 1.29 is 4.74 Å². The fraction of sp³-hybridized carbons (Fsp3) is 0.667. The molecule has 0 bridgehead atoms. The van der Waals surface area contributed by atoms with Crippen LogP contribution in [0.2, 0.25) is 0 Å². The van der Waals surface area contributed by atoms with E-state index in [1.54, 1.807) is 7.11 Å². The molecule has 1 aliphatic carbocycles. The second-order valence-corrected chi connectivity index (χ2v) is 6.50.